The Bertz CT molecular complexity index is 782. The van der Waals surface area contributed by atoms with Crippen LogP contribution in [0.3, 0.4) is 0 Å². The number of nitrogens with zero attached hydrogens (tertiary/aromatic N) is 3. The average Bonchev–Trinajstić information content (AvgIpc) is 3.18. The van der Waals surface area contributed by atoms with Gasteiger partial charge in [-0.2, -0.15) is 0 Å². The smallest absolute Gasteiger partial charge is 0.141 e. The lowest BCUT2D eigenvalue weighted by Crippen LogP contribution is -2.52. The van der Waals surface area contributed by atoms with E-state index in [1.807, 2.05) is 18.3 Å². The van der Waals surface area contributed by atoms with Gasteiger partial charge in [-0.25, -0.2) is 9.97 Å². The Morgan fingerprint density at radius 2 is 2.08 bits per heavy atom. The predicted octanol–water partition coefficient (Wildman–Crippen LogP) is 2.87. The summed E-state index contributed by atoms with van der Waals surface area (Å²) in [6, 6.07) is 0. The third kappa shape index (κ3) is 2.35. The number of aromatic nitrogens is 2. The van der Waals surface area contributed by atoms with Crippen molar-refractivity contribution in [3.63, 3.8) is 0 Å². The number of fused-ring (bicyclic) bond motifs is 3. The van der Waals surface area contributed by atoms with E-state index in [0.29, 0.717) is 6.61 Å². The number of anilines is 1. The fourth-order valence-electron chi connectivity index (χ4n) is 4.32. The minimum Gasteiger partial charge on any atom is -0.378 e. The van der Waals surface area contributed by atoms with Crippen molar-refractivity contribution in [1.29, 1.82) is 0 Å². The topological polar surface area (TPSA) is 47.5 Å². The summed E-state index contributed by atoms with van der Waals surface area (Å²) in [6.45, 7) is 6.05. The molecule has 6 heteroatoms. The molecule has 1 atom stereocenters. The van der Waals surface area contributed by atoms with Gasteiger partial charge in [-0.15, -0.1) is 11.3 Å². The van der Waals surface area contributed by atoms with Crippen molar-refractivity contribution >= 4 is 27.4 Å². The average molecular weight is 345 g/mol. The van der Waals surface area contributed by atoms with Crippen LogP contribution in [-0.4, -0.2) is 48.5 Å². The molecule has 2 aliphatic heterocycles. The van der Waals surface area contributed by atoms with Crippen LogP contribution in [0.4, 0.5) is 5.82 Å². The van der Waals surface area contributed by atoms with Gasteiger partial charge >= 0.3 is 0 Å². The van der Waals surface area contributed by atoms with Gasteiger partial charge in [-0.3, -0.25) is 0 Å². The standard InChI is InChI=1S/C18H23N3O2S/c1-12-19-16(21-7-9-23-18(10-21)6-8-22-11-18)15-13-4-2-3-5-14(13)24-17(15)20-12/h2-11H2,1H3. The van der Waals surface area contributed by atoms with Crippen LogP contribution >= 0.6 is 11.3 Å². The second kappa shape index (κ2) is 5.64. The number of ether oxygens (including phenoxy) is 2. The largest absolute Gasteiger partial charge is 0.378 e. The Morgan fingerprint density at radius 1 is 1.17 bits per heavy atom. The molecule has 0 radical (unpaired) electrons. The number of thiophene rings is 1. The van der Waals surface area contributed by atoms with Gasteiger partial charge in [-0.05, 0) is 38.2 Å². The van der Waals surface area contributed by atoms with Gasteiger partial charge in [0.2, 0.25) is 0 Å². The molecule has 5 nitrogen and oxygen atoms in total. The van der Waals surface area contributed by atoms with Gasteiger partial charge in [0, 0.05) is 24.4 Å². The molecule has 0 N–H and O–H groups in total. The molecule has 1 unspecified atom stereocenters. The van der Waals surface area contributed by atoms with E-state index >= 15 is 0 Å². The summed E-state index contributed by atoms with van der Waals surface area (Å²) in [5, 5.41) is 1.32. The van der Waals surface area contributed by atoms with E-state index in [2.05, 4.69) is 4.90 Å². The fraction of sp³-hybridized carbons (Fsp3) is 0.667. The van der Waals surface area contributed by atoms with Crippen LogP contribution in [0.2, 0.25) is 0 Å². The second-order valence-corrected chi connectivity index (χ2v) is 8.32. The van der Waals surface area contributed by atoms with Crippen molar-refractivity contribution in [3.8, 4) is 0 Å². The maximum Gasteiger partial charge on any atom is 0.141 e. The molecule has 0 bridgehead atoms. The molecule has 0 aromatic carbocycles. The lowest BCUT2D eigenvalue weighted by molar-refractivity contribution is -0.0580. The zero-order valence-electron chi connectivity index (χ0n) is 14.1. The Labute approximate surface area is 146 Å². The zero-order chi connectivity index (χ0) is 16.1. The van der Waals surface area contributed by atoms with Gasteiger partial charge in [0.25, 0.3) is 0 Å². The Hall–Kier alpha value is -1.24. The first-order chi connectivity index (χ1) is 11.7. The van der Waals surface area contributed by atoms with E-state index in [-0.39, 0.29) is 5.60 Å². The van der Waals surface area contributed by atoms with E-state index in [1.54, 1.807) is 0 Å². The summed E-state index contributed by atoms with van der Waals surface area (Å²) in [7, 11) is 0. The number of hydrogen-bond donors (Lipinski definition) is 0. The number of morpholine rings is 1. The van der Waals surface area contributed by atoms with E-state index < -0.39 is 0 Å². The van der Waals surface area contributed by atoms with Crippen molar-refractivity contribution in [2.24, 2.45) is 0 Å². The number of hydrogen-bond acceptors (Lipinski definition) is 6. The van der Waals surface area contributed by atoms with Crippen molar-refractivity contribution < 1.29 is 9.47 Å². The minimum absolute atomic E-state index is 0.139. The monoisotopic (exact) mass is 345 g/mol. The molecule has 128 valence electrons. The van der Waals surface area contributed by atoms with Gasteiger partial charge in [-0.1, -0.05) is 0 Å². The highest BCUT2D eigenvalue weighted by molar-refractivity contribution is 7.19. The molecule has 1 spiro atoms. The lowest BCUT2D eigenvalue weighted by Gasteiger charge is -2.40. The summed E-state index contributed by atoms with van der Waals surface area (Å²) in [5.41, 5.74) is 1.37. The summed E-state index contributed by atoms with van der Waals surface area (Å²) in [5.74, 6) is 2.01. The number of rotatable bonds is 1. The number of aryl methyl sites for hydroxylation is 3. The van der Waals surface area contributed by atoms with Gasteiger partial charge in [0.1, 0.15) is 22.1 Å². The maximum atomic E-state index is 6.11. The third-order valence-corrected chi connectivity index (χ3v) is 6.71. The highest BCUT2D eigenvalue weighted by atomic mass is 32.1. The van der Waals surface area contributed by atoms with Gasteiger partial charge in [0.15, 0.2) is 0 Å². The summed E-state index contributed by atoms with van der Waals surface area (Å²) in [4.78, 5) is 14.8. The summed E-state index contributed by atoms with van der Waals surface area (Å²) >= 11 is 1.88. The van der Waals surface area contributed by atoms with Crippen LogP contribution in [0.5, 0.6) is 0 Å². The minimum atomic E-state index is -0.139. The molecule has 0 saturated carbocycles. The van der Waals surface area contributed by atoms with E-state index in [4.69, 9.17) is 19.4 Å². The zero-order valence-corrected chi connectivity index (χ0v) is 15.0. The first-order valence-corrected chi connectivity index (χ1v) is 9.81. The fourth-order valence-corrected chi connectivity index (χ4v) is 5.62. The normalized spacial score (nSPS) is 27.1. The molecule has 5 rings (SSSR count). The second-order valence-electron chi connectivity index (χ2n) is 7.24. The Kier molecular flexibility index (Phi) is 3.54. The molecule has 24 heavy (non-hydrogen) atoms. The lowest BCUT2D eigenvalue weighted by atomic mass is 9.96. The Balaban J connectivity index is 1.61. The molecule has 3 aliphatic rings. The Morgan fingerprint density at radius 3 is 2.96 bits per heavy atom. The first kappa shape index (κ1) is 15.0. The first-order valence-electron chi connectivity index (χ1n) is 9.00. The van der Waals surface area contributed by atoms with E-state index in [9.17, 15) is 0 Å². The molecule has 1 aliphatic carbocycles. The molecule has 2 aromatic heterocycles. The highest BCUT2D eigenvalue weighted by Crippen LogP contribution is 2.41. The van der Waals surface area contributed by atoms with Gasteiger partial charge in [0.05, 0.1) is 25.1 Å². The quantitative estimate of drug-likeness (QED) is 0.795. The molecular weight excluding hydrogens is 322 g/mol. The van der Waals surface area contributed by atoms with Crippen molar-refractivity contribution in [2.45, 2.75) is 44.6 Å². The SMILES string of the molecule is Cc1nc(N2CCOC3(CCOC3)C2)c2c3c(sc2n1)CCCC3. The van der Waals surface area contributed by atoms with E-state index in [1.165, 1.54) is 46.3 Å². The van der Waals surface area contributed by atoms with Crippen molar-refractivity contribution in [2.75, 3.05) is 37.8 Å². The van der Waals surface area contributed by atoms with Crippen LogP contribution in [-0.2, 0) is 22.3 Å². The third-order valence-electron chi connectivity index (χ3n) is 5.52. The molecule has 2 fully saturated rings. The maximum absolute atomic E-state index is 6.11. The summed E-state index contributed by atoms with van der Waals surface area (Å²) in [6.07, 6.45) is 5.95. The van der Waals surface area contributed by atoms with Crippen LogP contribution in [0.15, 0.2) is 0 Å². The van der Waals surface area contributed by atoms with Gasteiger partial charge < -0.3 is 14.4 Å². The molecule has 2 saturated heterocycles. The van der Waals surface area contributed by atoms with Crippen LogP contribution in [0.25, 0.3) is 10.2 Å². The van der Waals surface area contributed by atoms with Crippen LogP contribution in [0, 0.1) is 6.92 Å². The molecule has 0 amide bonds. The molecular formula is C18H23N3O2S. The van der Waals surface area contributed by atoms with Crippen LogP contribution in [0.1, 0.15) is 35.5 Å². The van der Waals surface area contributed by atoms with Crippen molar-refractivity contribution in [3.05, 3.63) is 16.3 Å². The molecule has 4 heterocycles. The van der Waals surface area contributed by atoms with Crippen molar-refractivity contribution in [1.82, 2.24) is 9.97 Å². The highest BCUT2D eigenvalue weighted by Gasteiger charge is 2.41. The molecule has 2 aromatic rings. The predicted molar refractivity (Wildman–Crippen MR) is 95.1 cm³/mol. The van der Waals surface area contributed by atoms with E-state index in [0.717, 1.165) is 44.4 Å². The summed E-state index contributed by atoms with van der Waals surface area (Å²) < 4.78 is 11.7. The van der Waals surface area contributed by atoms with Crippen LogP contribution < -0.4 is 4.90 Å².